The highest BCUT2D eigenvalue weighted by Gasteiger charge is 2.22. The molecule has 1 saturated heterocycles. The Morgan fingerprint density at radius 3 is 2.50 bits per heavy atom. The molecule has 26 heavy (non-hydrogen) atoms. The van der Waals surface area contributed by atoms with E-state index in [4.69, 9.17) is 4.74 Å². The third-order valence-electron chi connectivity index (χ3n) is 6.44. The summed E-state index contributed by atoms with van der Waals surface area (Å²) < 4.78 is 20.0. The van der Waals surface area contributed by atoms with E-state index in [2.05, 4.69) is 20.8 Å². The van der Waals surface area contributed by atoms with Crippen LogP contribution in [0.25, 0.3) is 0 Å². The summed E-state index contributed by atoms with van der Waals surface area (Å²) in [4.78, 5) is 2.64. The molecule has 0 N–H and O–H groups in total. The van der Waals surface area contributed by atoms with Crippen molar-refractivity contribution in [3.63, 3.8) is 0 Å². The van der Waals surface area contributed by atoms with E-state index >= 15 is 0 Å². The first-order chi connectivity index (χ1) is 12.6. The highest BCUT2D eigenvalue weighted by Crippen LogP contribution is 2.30. The van der Waals surface area contributed by atoms with Crippen LogP contribution in [0.2, 0.25) is 0 Å². The average molecular weight is 426 g/mol. The first kappa shape index (κ1) is 20.3. The molecule has 1 aromatic carbocycles. The van der Waals surface area contributed by atoms with Gasteiger partial charge < -0.3 is 9.64 Å². The normalized spacial score (nSPS) is 25.5. The number of halogens is 2. The molecule has 0 radical (unpaired) electrons. The molecule has 1 saturated carbocycles. The van der Waals surface area contributed by atoms with Crippen LogP contribution in [0.5, 0.6) is 0 Å². The summed E-state index contributed by atoms with van der Waals surface area (Å²) in [6.07, 6.45) is 11.9. The van der Waals surface area contributed by atoms with Gasteiger partial charge in [0.15, 0.2) is 0 Å². The summed E-state index contributed by atoms with van der Waals surface area (Å²) in [5, 5.41) is 0. The molecule has 0 aromatic heterocycles. The van der Waals surface area contributed by atoms with Gasteiger partial charge in [0.05, 0.1) is 6.10 Å². The Balaban J connectivity index is 1.32. The molecule has 2 fully saturated rings. The van der Waals surface area contributed by atoms with E-state index in [0.717, 1.165) is 22.4 Å². The number of piperidine rings is 1. The van der Waals surface area contributed by atoms with Crippen molar-refractivity contribution in [2.45, 2.75) is 63.9 Å². The van der Waals surface area contributed by atoms with Crippen LogP contribution >= 0.6 is 15.9 Å². The second-order valence-corrected chi connectivity index (χ2v) is 9.10. The fourth-order valence-electron chi connectivity index (χ4n) is 4.68. The van der Waals surface area contributed by atoms with Crippen LogP contribution in [0.3, 0.4) is 0 Å². The minimum absolute atomic E-state index is 0.125. The zero-order valence-electron chi connectivity index (χ0n) is 16.1. The monoisotopic (exact) mass is 425 g/mol. The number of ether oxygens (including phenoxy) is 1. The summed E-state index contributed by atoms with van der Waals surface area (Å²) in [7, 11) is 1.85. The molecule has 0 spiro atoms. The molecule has 0 atom stereocenters. The summed E-state index contributed by atoms with van der Waals surface area (Å²) >= 11 is 3.56. The maximum atomic E-state index is 13.5. The second-order valence-electron chi connectivity index (χ2n) is 8.25. The van der Waals surface area contributed by atoms with E-state index in [1.165, 1.54) is 77.1 Å². The Labute approximate surface area is 166 Å². The first-order valence-electron chi connectivity index (χ1n) is 10.3. The standard InChI is InChI=1S/C22H33BrFNO/c1-26-21-7-4-17(5-8-21)3-2-12-25-13-10-18(11-14-25)15-19-16-20(24)6-9-22(19)23/h6,9,16-18,21H,2-5,7-8,10-15H2,1H3. The van der Waals surface area contributed by atoms with E-state index < -0.39 is 0 Å². The third-order valence-corrected chi connectivity index (χ3v) is 7.21. The van der Waals surface area contributed by atoms with Crippen molar-refractivity contribution in [2.75, 3.05) is 26.7 Å². The molecule has 0 amide bonds. The summed E-state index contributed by atoms with van der Waals surface area (Å²) in [6.45, 7) is 3.66. The minimum Gasteiger partial charge on any atom is -0.381 e. The van der Waals surface area contributed by atoms with Crippen LogP contribution in [0.4, 0.5) is 4.39 Å². The van der Waals surface area contributed by atoms with Gasteiger partial charge in [-0.2, -0.15) is 0 Å². The number of likely N-dealkylation sites (tertiary alicyclic amines) is 1. The van der Waals surface area contributed by atoms with Gasteiger partial charge >= 0.3 is 0 Å². The number of rotatable bonds is 7. The summed E-state index contributed by atoms with van der Waals surface area (Å²) in [5.41, 5.74) is 1.12. The van der Waals surface area contributed by atoms with Gasteiger partial charge in [0.2, 0.25) is 0 Å². The lowest BCUT2D eigenvalue weighted by Gasteiger charge is -2.33. The van der Waals surface area contributed by atoms with Crippen LogP contribution in [-0.4, -0.2) is 37.7 Å². The van der Waals surface area contributed by atoms with Gasteiger partial charge in [-0.25, -0.2) is 4.39 Å². The van der Waals surface area contributed by atoms with Crippen LogP contribution in [0.15, 0.2) is 22.7 Å². The van der Waals surface area contributed by atoms with Gasteiger partial charge in [-0.1, -0.05) is 15.9 Å². The smallest absolute Gasteiger partial charge is 0.123 e. The Morgan fingerprint density at radius 2 is 1.81 bits per heavy atom. The molecular formula is C22H33BrFNO. The molecule has 146 valence electrons. The van der Waals surface area contributed by atoms with Crippen molar-refractivity contribution in [2.24, 2.45) is 11.8 Å². The Bertz CT molecular complexity index is 551. The van der Waals surface area contributed by atoms with E-state index in [1.54, 1.807) is 6.07 Å². The number of nitrogens with zero attached hydrogens (tertiary/aromatic N) is 1. The van der Waals surface area contributed by atoms with Crippen molar-refractivity contribution in [3.8, 4) is 0 Å². The molecule has 0 bridgehead atoms. The number of hydrogen-bond donors (Lipinski definition) is 0. The van der Waals surface area contributed by atoms with Crippen molar-refractivity contribution in [3.05, 3.63) is 34.1 Å². The highest BCUT2D eigenvalue weighted by atomic mass is 79.9. The molecule has 2 nitrogen and oxygen atoms in total. The molecular weight excluding hydrogens is 393 g/mol. The summed E-state index contributed by atoms with van der Waals surface area (Å²) in [6, 6.07) is 5.05. The molecule has 1 aliphatic heterocycles. The Morgan fingerprint density at radius 1 is 1.08 bits per heavy atom. The zero-order chi connectivity index (χ0) is 18.4. The van der Waals surface area contributed by atoms with Gasteiger partial charge in [0.1, 0.15) is 5.82 Å². The van der Waals surface area contributed by atoms with Crippen LogP contribution in [0, 0.1) is 17.7 Å². The minimum atomic E-state index is -0.125. The van der Waals surface area contributed by atoms with Gasteiger partial charge in [0.25, 0.3) is 0 Å². The molecule has 1 aliphatic carbocycles. The first-order valence-corrected chi connectivity index (χ1v) is 11.1. The molecule has 4 heteroatoms. The maximum Gasteiger partial charge on any atom is 0.123 e. The fraction of sp³-hybridized carbons (Fsp3) is 0.727. The Kier molecular flexibility index (Phi) is 7.95. The van der Waals surface area contributed by atoms with E-state index in [-0.39, 0.29) is 5.82 Å². The van der Waals surface area contributed by atoms with Crippen LogP contribution < -0.4 is 0 Å². The van der Waals surface area contributed by atoms with Crippen molar-refractivity contribution < 1.29 is 9.13 Å². The highest BCUT2D eigenvalue weighted by molar-refractivity contribution is 9.10. The number of methoxy groups -OCH3 is 1. The van der Waals surface area contributed by atoms with Crippen molar-refractivity contribution in [1.82, 2.24) is 4.90 Å². The van der Waals surface area contributed by atoms with E-state index in [0.29, 0.717) is 12.0 Å². The van der Waals surface area contributed by atoms with E-state index in [9.17, 15) is 4.39 Å². The van der Waals surface area contributed by atoms with E-state index in [1.807, 2.05) is 13.2 Å². The van der Waals surface area contributed by atoms with Crippen molar-refractivity contribution >= 4 is 15.9 Å². The second kappa shape index (κ2) is 10.2. The van der Waals surface area contributed by atoms with Crippen LogP contribution in [-0.2, 0) is 11.2 Å². The molecule has 1 heterocycles. The summed E-state index contributed by atoms with van der Waals surface area (Å²) in [5.74, 6) is 1.48. The SMILES string of the molecule is COC1CCC(CCCN2CCC(Cc3cc(F)ccc3Br)CC2)CC1. The number of benzene rings is 1. The van der Waals surface area contributed by atoms with Gasteiger partial charge in [-0.15, -0.1) is 0 Å². The quantitative estimate of drug-likeness (QED) is 0.544. The van der Waals surface area contributed by atoms with Gasteiger partial charge in [0, 0.05) is 11.6 Å². The lowest BCUT2D eigenvalue weighted by atomic mass is 9.84. The topological polar surface area (TPSA) is 12.5 Å². The lowest BCUT2D eigenvalue weighted by Crippen LogP contribution is -2.35. The largest absolute Gasteiger partial charge is 0.381 e. The zero-order valence-corrected chi connectivity index (χ0v) is 17.6. The fourth-order valence-corrected chi connectivity index (χ4v) is 5.09. The molecule has 2 aliphatic rings. The molecule has 1 aromatic rings. The average Bonchev–Trinajstić information content (AvgIpc) is 2.67. The maximum absolute atomic E-state index is 13.5. The lowest BCUT2D eigenvalue weighted by molar-refractivity contribution is 0.0545. The third kappa shape index (κ3) is 6.03. The van der Waals surface area contributed by atoms with Crippen LogP contribution in [0.1, 0.15) is 56.9 Å². The van der Waals surface area contributed by atoms with Crippen molar-refractivity contribution in [1.29, 1.82) is 0 Å². The predicted octanol–water partition coefficient (Wildman–Crippen LogP) is 5.83. The number of hydrogen-bond acceptors (Lipinski definition) is 2. The molecule has 0 unspecified atom stereocenters. The van der Waals surface area contributed by atoms with Gasteiger partial charge in [-0.3, -0.25) is 0 Å². The Hall–Kier alpha value is -0.450. The molecule has 3 rings (SSSR count). The van der Waals surface area contributed by atoms with Gasteiger partial charge in [-0.05, 0) is 113 Å². The predicted molar refractivity (Wildman–Crippen MR) is 109 cm³/mol.